The third-order valence-electron chi connectivity index (χ3n) is 4.51. The summed E-state index contributed by atoms with van der Waals surface area (Å²) in [6, 6.07) is 8.64. The topological polar surface area (TPSA) is 97.6 Å². The quantitative estimate of drug-likeness (QED) is 0.862. The Morgan fingerprint density at radius 1 is 1.32 bits per heavy atom. The minimum absolute atomic E-state index is 0.0128. The Labute approximate surface area is 145 Å². The molecule has 0 spiro atoms. The Kier molecular flexibility index (Phi) is 4.80. The number of carboxylic acid groups (broad SMARTS) is 1. The van der Waals surface area contributed by atoms with E-state index in [9.17, 15) is 14.7 Å². The number of benzene rings is 1. The van der Waals surface area contributed by atoms with Crippen molar-refractivity contribution in [3.8, 4) is 5.69 Å². The Balaban J connectivity index is 1.77. The molecular weight excluding hydrogens is 324 g/mol. The lowest BCUT2D eigenvalue weighted by molar-refractivity contribution is -0.148. The second-order valence-electron chi connectivity index (χ2n) is 6.04. The second kappa shape index (κ2) is 7.02. The van der Waals surface area contributed by atoms with Gasteiger partial charge in [-0.05, 0) is 19.1 Å². The number of methoxy groups -OCH3 is 1. The first-order valence-corrected chi connectivity index (χ1v) is 8.03. The van der Waals surface area contributed by atoms with Gasteiger partial charge in [-0.25, -0.2) is 9.48 Å². The van der Waals surface area contributed by atoms with Crippen LogP contribution in [0, 0.1) is 6.92 Å². The molecule has 8 heteroatoms. The molecule has 1 fully saturated rings. The number of amides is 1. The molecule has 2 aromatic rings. The summed E-state index contributed by atoms with van der Waals surface area (Å²) in [6.45, 7) is 2.12. The molecule has 0 radical (unpaired) electrons. The lowest BCUT2D eigenvalue weighted by Crippen LogP contribution is -2.41. The van der Waals surface area contributed by atoms with Crippen LogP contribution in [0.1, 0.15) is 17.8 Å². The lowest BCUT2D eigenvalue weighted by Gasteiger charge is -2.20. The molecular formula is C17H20N4O4. The number of aliphatic carboxylic acids is 1. The van der Waals surface area contributed by atoms with Gasteiger partial charge in [0.2, 0.25) is 5.91 Å². The van der Waals surface area contributed by atoms with E-state index in [1.807, 2.05) is 37.3 Å². The molecule has 1 aromatic heterocycles. The minimum atomic E-state index is -1.02. The summed E-state index contributed by atoms with van der Waals surface area (Å²) in [4.78, 5) is 25.4. The number of aromatic nitrogens is 3. The minimum Gasteiger partial charge on any atom is -0.480 e. The van der Waals surface area contributed by atoms with Gasteiger partial charge in [0.15, 0.2) is 0 Å². The van der Waals surface area contributed by atoms with Crippen LogP contribution in [0.3, 0.4) is 0 Å². The first kappa shape index (κ1) is 17.1. The van der Waals surface area contributed by atoms with Crippen LogP contribution in [0.5, 0.6) is 0 Å². The van der Waals surface area contributed by atoms with Gasteiger partial charge in [0.05, 0.1) is 29.6 Å². The largest absolute Gasteiger partial charge is 0.480 e. The van der Waals surface area contributed by atoms with Gasteiger partial charge < -0.3 is 14.7 Å². The third kappa shape index (κ3) is 3.39. The highest BCUT2D eigenvalue weighted by Gasteiger charge is 2.39. The number of carboxylic acids is 1. The van der Waals surface area contributed by atoms with E-state index < -0.39 is 12.0 Å². The average molecular weight is 344 g/mol. The zero-order valence-corrected chi connectivity index (χ0v) is 14.1. The van der Waals surface area contributed by atoms with Gasteiger partial charge in [-0.2, -0.15) is 0 Å². The number of hydrogen-bond donors (Lipinski definition) is 1. The van der Waals surface area contributed by atoms with E-state index in [4.69, 9.17) is 4.74 Å². The summed E-state index contributed by atoms with van der Waals surface area (Å²) >= 11 is 0. The van der Waals surface area contributed by atoms with Gasteiger partial charge >= 0.3 is 5.97 Å². The number of hydrogen-bond acceptors (Lipinski definition) is 5. The normalized spacial score (nSPS) is 20.0. The zero-order chi connectivity index (χ0) is 18.0. The van der Waals surface area contributed by atoms with Crippen molar-refractivity contribution in [2.45, 2.75) is 31.9 Å². The molecule has 0 bridgehead atoms. The Morgan fingerprint density at radius 3 is 2.68 bits per heavy atom. The van der Waals surface area contributed by atoms with Crippen molar-refractivity contribution in [2.24, 2.45) is 0 Å². The monoisotopic (exact) mass is 344 g/mol. The molecule has 1 amide bonds. The van der Waals surface area contributed by atoms with Crippen LogP contribution >= 0.6 is 0 Å². The maximum absolute atomic E-state index is 12.6. The Bertz CT molecular complexity index is 774. The van der Waals surface area contributed by atoms with Gasteiger partial charge in [-0.3, -0.25) is 4.79 Å². The maximum atomic E-state index is 12.6. The number of carbonyl (C=O) groups excluding carboxylic acids is 1. The van der Waals surface area contributed by atoms with Gasteiger partial charge in [-0.15, -0.1) is 5.10 Å². The number of rotatable bonds is 5. The maximum Gasteiger partial charge on any atom is 0.326 e. The molecule has 0 saturated carbocycles. The summed E-state index contributed by atoms with van der Waals surface area (Å²) in [5.41, 5.74) is 2.16. The van der Waals surface area contributed by atoms with Crippen LogP contribution in [0.4, 0.5) is 0 Å². The SMILES string of the molecule is COC1CC(C(=O)O)N(C(=O)Cc2nnn(-c3ccccc3)c2C)C1. The van der Waals surface area contributed by atoms with E-state index in [1.165, 1.54) is 12.0 Å². The fraction of sp³-hybridized carbons (Fsp3) is 0.412. The van der Waals surface area contributed by atoms with Crippen molar-refractivity contribution in [3.05, 3.63) is 41.7 Å². The highest BCUT2D eigenvalue weighted by molar-refractivity contribution is 5.85. The number of likely N-dealkylation sites (tertiary alicyclic amines) is 1. The standard InChI is InChI=1S/C17H20N4O4/c1-11-14(18-19-21(11)12-6-4-3-5-7-12)9-16(22)20-10-13(25-2)8-15(20)17(23)24/h3-7,13,15H,8-10H2,1-2H3,(H,23,24). The molecule has 1 aromatic carbocycles. The molecule has 2 heterocycles. The smallest absolute Gasteiger partial charge is 0.326 e. The van der Waals surface area contributed by atoms with Crippen LogP contribution < -0.4 is 0 Å². The molecule has 1 N–H and O–H groups in total. The van der Waals surface area contributed by atoms with Crippen molar-refractivity contribution in [3.63, 3.8) is 0 Å². The predicted molar refractivity (Wildman–Crippen MR) is 88.4 cm³/mol. The summed E-state index contributed by atoms with van der Waals surface area (Å²) in [6.07, 6.45) is 0.0535. The van der Waals surface area contributed by atoms with E-state index in [0.29, 0.717) is 12.1 Å². The highest BCUT2D eigenvalue weighted by Crippen LogP contribution is 2.22. The van der Waals surface area contributed by atoms with Crippen LogP contribution in [-0.2, 0) is 20.7 Å². The van der Waals surface area contributed by atoms with Gasteiger partial charge in [0, 0.05) is 20.1 Å². The van der Waals surface area contributed by atoms with E-state index in [0.717, 1.165) is 11.4 Å². The molecule has 2 unspecified atom stereocenters. The van der Waals surface area contributed by atoms with Gasteiger partial charge in [0.1, 0.15) is 6.04 Å². The van der Waals surface area contributed by atoms with Gasteiger partial charge in [-0.1, -0.05) is 23.4 Å². The van der Waals surface area contributed by atoms with Crippen LogP contribution in [0.15, 0.2) is 30.3 Å². The molecule has 1 aliphatic heterocycles. The van der Waals surface area contributed by atoms with E-state index in [1.54, 1.807) is 4.68 Å². The van der Waals surface area contributed by atoms with Gasteiger partial charge in [0.25, 0.3) is 0 Å². The van der Waals surface area contributed by atoms with Crippen molar-refractivity contribution < 1.29 is 19.4 Å². The third-order valence-corrected chi connectivity index (χ3v) is 4.51. The summed E-state index contributed by atoms with van der Waals surface area (Å²) in [5.74, 6) is -1.30. The number of para-hydroxylation sites is 1. The molecule has 132 valence electrons. The molecule has 1 aliphatic rings. The van der Waals surface area contributed by atoms with Crippen molar-refractivity contribution in [1.29, 1.82) is 0 Å². The molecule has 1 saturated heterocycles. The number of carbonyl (C=O) groups is 2. The fourth-order valence-corrected chi connectivity index (χ4v) is 3.06. The van der Waals surface area contributed by atoms with Crippen molar-refractivity contribution in [1.82, 2.24) is 19.9 Å². The van der Waals surface area contributed by atoms with Crippen LogP contribution in [0.2, 0.25) is 0 Å². The fourth-order valence-electron chi connectivity index (χ4n) is 3.06. The summed E-state index contributed by atoms with van der Waals surface area (Å²) < 4.78 is 6.88. The Hall–Kier alpha value is -2.74. The van der Waals surface area contributed by atoms with E-state index in [-0.39, 0.29) is 25.0 Å². The molecule has 3 rings (SSSR count). The lowest BCUT2D eigenvalue weighted by atomic mass is 10.2. The molecule has 8 nitrogen and oxygen atoms in total. The second-order valence-corrected chi connectivity index (χ2v) is 6.04. The molecule has 0 aliphatic carbocycles. The number of nitrogens with zero attached hydrogens (tertiary/aromatic N) is 4. The van der Waals surface area contributed by atoms with Crippen molar-refractivity contribution in [2.75, 3.05) is 13.7 Å². The van der Waals surface area contributed by atoms with Crippen LogP contribution in [-0.4, -0.2) is 62.7 Å². The summed E-state index contributed by atoms with van der Waals surface area (Å²) in [5, 5.41) is 17.5. The van der Waals surface area contributed by atoms with E-state index in [2.05, 4.69) is 10.3 Å². The predicted octanol–water partition coefficient (Wildman–Crippen LogP) is 0.819. The number of ether oxygens (including phenoxy) is 1. The van der Waals surface area contributed by atoms with E-state index >= 15 is 0 Å². The molecule has 25 heavy (non-hydrogen) atoms. The summed E-state index contributed by atoms with van der Waals surface area (Å²) in [7, 11) is 1.52. The highest BCUT2D eigenvalue weighted by atomic mass is 16.5. The zero-order valence-electron chi connectivity index (χ0n) is 14.1. The van der Waals surface area contributed by atoms with Crippen molar-refractivity contribution >= 4 is 11.9 Å². The first-order chi connectivity index (χ1) is 12.0. The average Bonchev–Trinajstić information content (AvgIpc) is 3.20. The Morgan fingerprint density at radius 2 is 2.04 bits per heavy atom. The molecule has 2 atom stereocenters. The van der Waals surface area contributed by atoms with Crippen LogP contribution in [0.25, 0.3) is 5.69 Å². The first-order valence-electron chi connectivity index (χ1n) is 8.03.